The average molecular weight is 281 g/mol. The van der Waals surface area contributed by atoms with Crippen LogP contribution in [0.1, 0.15) is 41.5 Å². The highest BCUT2D eigenvalue weighted by Crippen LogP contribution is 2.39. The molecule has 0 fully saturated rings. The summed E-state index contributed by atoms with van der Waals surface area (Å²) in [4.78, 5) is 0. The third kappa shape index (κ3) is 2.96. The molecule has 1 aliphatic heterocycles. The van der Waals surface area contributed by atoms with Crippen LogP contribution < -0.4 is 10.1 Å². The molecule has 1 N–H and O–H groups in total. The van der Waals surface area contributed by atoms with Crippen LogP contribution in [0, 0.1) is 6.92 Å². The molecule has 0 radical (unpaired) electrons. The zero-order chi connectivity index (χ0) is 14.7. The number of para-hydroxylation sites is 1. The molecule has 2 aromatic carbocycles. The summed E-state index contributed by atoms with van der Waals surface area (Å²) in [5.41, 5.74) is 4.12. The van der Waals surface area contributed by atoms with Crippen molar-refractivity contribution in [3.63, 3.8) is 0 Å². The van der Waals surface area contributed by atoms with Crippen molar-refractivity contribution in [2.24, 2.45) is 0 Å². The summed E-state index contributed by atoms with van der Waals surface area (Å²) < 4.78 is 5.78. The number of fused-ring (bicyclic) bond motifs is 1. The summed E-state index contributed by atoms with van der Waals surface area (Å²) in [6.45, 7) is 3.02. The molecular weight excluding hydrogens is 258 g/mol. The van der Waals surface area contributed by atoms with Crippen molar-refractivity contribution in [3.8, 4) is 5.75 Å². The fourth-order valence-electron chi connectivity index (χ4n) is 3.32. The van der Waals surface area contributed by atoms with Crippen LogP contribution in [0.4, 0.5) is 0 Å². The summed E-state index contributed by atoms with van der Waals surface area (Å²) in [7, 11) is 2.06. The lowest BCUT2D eigenvalue weighted by Crippen LogP contribution is -2.23. The molecule has 0 saturated carbocycles. The Morgan fingerprint density at radius 2 is 1.90 bits per heavy atom. The van der Waals surface area contributed by atoms with Crippen LogP contribution in [-0.4, -0.2) is 13.7 Å². The van der Waals surface area contributed by atoms with Gasteiger partial charge < -0.3 is 10.1 Å². The number of benzene rings is 2. The van der Waals surface area contributed by atoms with Crippen LogP contribution in [0.25, 0.3) is 0 Å². The van der Waals surface area contributed by atoms with Crippen LogP contribution >= 0.6 is 0 Å². The number of aryl methyl sites for hydroxylation is 1. The second-order valence-corrected chi connectivity index (χ2v) is 5.81. The van der Waals surface area contributed by atoms with Gasteiger partial charge in [0.05, 0.1) is 6.61 Å². The van der Waals surface area contributed by atoms with Crippen molar-refractivity contribution >= 4 is 0 Å². The molecule has 0 amide bonds. The van der Waals surface area contributed by atoms with Crippen LogP contribution in [0.2, 0.25) is 0 Å². The molecule has 3 rings (SSSR count). The van der Waals surface area contributed by atoms with Gasteiger partial charge >= 0.3 is 0 Å². The molecule has 1 aliphatic rings. The summed E-state index contributed by atoms with van der Waals surface area (Å²) in [6, 6.07) is 17.5. The minimum atomic E-state index is 0.391. The minimum Gasteiger partial charge on any atom is -0.493 e. The second-order valence-electron chi connectivity index (χ2n) is 5.81. The lowest BCUT2D eigenvalue weighted by molar-refractivity contribution is 0.256. The normalized spacial score (nSPS) is 18.7. The molecular formula is C19H23NO. The monoisotopic (exact) mass is 281 g/mol. The zero-order valence-electron chi connectivity index (χ0n) is 12.8. The fourth-order valence-corrected chi connectivity index (χ4v) is 3.32. The lowest BCUT2D eigenvalue weighted by Gasteiger charge is -2.29. The Kier molecular flexibility index (Phi) is 4.26. The Labute approximate surface area is 127 Å². The predicted molar refractivity (Wildman–Crippen MR) is 86.9 cm³/mol. The molecule has 0 aromatic heterocycles. The van der Waals surface area contributed by atoms with E-state index in [1.54, 1.807) is 0 Å². The van der Waals surface area contributed by atoms with E-state index >= 15 is 0 Å². The van der Waals surface area contributed by atoms with Gasteiger partial charge in [-0.25, -0.2) is 0 Å². The second kappa shape index (κ2) is 6.31. The number of nitrogens with one attached hydrogen (secondary N) is 1. The minimum absolute atomic E-state index is 0.391. The van der Waals surface area contributed by atoms with Gasteiger partial charge in [-0.05, 0) is 55.5 Å². The third-order valence-electron chi connectivity index (χ3n) is 4.52. The maximum Gasteiger partial charge on any atom is 0.122 e. The lowest BCUT2D eigenvalue weighted by atomic mass is 9.84. The molecule has 0 bridgehead atoms. The Morgan fingerprint density at radius 1 is 1.14 bits per heavy atom. The van der Waals surface area contributed by atoms with Gasteiger partial charge in [0.25, 0.3) is 0 Å². The van der Waals surface area contributed by atoms with Gasteiger partial charge in [0.15, 0.2) is 0 Å². The highest BCUT2D eigenvalue weighted by atomic mass is 16.5. The van der Waals surface area contributed by atoms with Crippen LogP contribution in [0.15, 0.2) is 48.5 Å². The molecule has 2 aromatic rings. The molecule has 0 spiro atoms. The van der Waals surface area contributed by atoms with Crippen molar-refractivity contribution < 1.29 is 4.74 Å². The predicted octanol–water partition coefficient (Wildman–Crippen LogP) is 4.21. The van der Waals surface area contributed by atoms with Gasteiger partial charge in [-0.1, -0.05) is 42.5 Å². The summed E-state index contributed by atoms with van der Waals surface area (Å²) in [5.74, 6) is 1.63. The van der Waals surface area contributed by atoms with Gasteiger partial charge in [-0.3, -0.25) is 0 Å². The molecule has 0 saturated heterocycles. The van der Waals surface area contributed by atoms with Crippen molar-refractivity contribution in [3.05, 3.63) is 65.2 Å². The maximum atomic E-state index is 5.78. The maximum absolute atomic E-state index is 5.78. The highest BCUT2D eigenvalue weighted by Gasteiger charge is 2.24. The number of hydrogen-bond donors (Lipinski definition) is 1. The Morgan fingerprint density at radius 3 is 2.71 bits per heavy atom. The smallest absolute Gasteiger partial charge is 0.122 e. The quantitative estimate of drug-likeness (QED) is 0.906. The van der Waals surface area contributed by atoms with Gasteiger partial charge in [0.2, 0.25) is 0 Å². The van der Waals surface area contributed by atoms with E-state index in [-0.39, 0.29) is 0 Å². The van der Waals surface area contributed by atoms with Gasteiger partial charge in [-0.2, -0.15) is 0 Å². The molecule has 0 aliphatic carbocycles. The van der Waals surface area contributed by atoms with Crippen LogP contribution in [0.3, 0.4) is 0 Å². The number of rotatable bonds is 4. The third-order valence-corrected chi connectivity index (χ3v) is 4.52. The standard InChI is InChI=1S/C19H23NO/c1-14-7-3-4-8-16(14)18(20-2)13-15-11-12-21-19-10-6-5-9-17(15)19/h3-10,15,18,20H,11-13H2,1-2H3. The van der Waals surface area contributed by atoms with Crippen molar-refractivity contribution in [2.75, 3.05) is 13.7 Å². The van der Waals surface area contributed by atoms with Crippen molar-refractivity contribution in [1.82, 2.24) is 5.32 Å². The average Bonchev–Trinajstić information content (AvgIpc) is 2.53. The van der Waals surface area contributed by atoms with E-state index in [4.69, 9.17) is 4.74 Å². The molecule has 110 valence electrons. The molecule has 2 atom stereocenters. The van der Waals surface area contributed by atoms with E-state index in [9.17, 15) is 0 Å². The first-order valence-electron chi connectivity index (χ1n) is 7.74. The van der Waals surface area contributed by atoms with E-state index in [1.165, 1.54) is 16.7 Å². The first-order chi connectivity index (χ1) is 10.3. The Hall–Kier alpha value is -1.80. The Balaban J connectivity index is 1.84. The van der Waals surface area contributed by atoms with Crippen molar-refractivity contribution in [2.45, 2.75) is 31.7 Å². The molecule has 2 heteroatoms. The topological polar surface area (TPSA) is 21.3 Å². The van der Waals surface area contributed by atoms with Crippen molar-refractivity contribution in [1.29, 1.82) is 0 Å². The SMILES string of the molecule is CNC(CC1CCOc2ccccc21)c1ccccc1C. The first kappa shape index (κ1) is 14.2. The van der Waals surface area contributed by atoms with Crippen LogP contribution in [-0.2, 0) is 0 Å². The molecule has 21 heavy (non-hydrogen) atoms. The number of ether oxygens (including phenoxy) is 1. The molecule has 2 nitrogen and oxygen atoms in total. The van der Waals surface area contributed by atoms with E-state index in [1.807, 2.05) is 0 Å². The number of hydrogen-bond acceptors (Lipinski definition) is 2. The highest BCUT2D eigenvalue weighted by molar-refractivity contribution is 5.38. The molecule has 2 unspecified atom stereocenters. The fraction of sp³-hybridized carbons (Fsp3) is 0.368. The summed E-state index contributed by atoms with van der Waals surface area (Å²) >= 11 is 0. The first-order valence-corrected chi connectivity index (χ1v) is 7.74. The summed E-state index contributed by atoms with van der Waals surface area (Å²) in [6.07, 6.45) is 2.21. The molecule has 1 heterocycles. The van der Waals surface area contributed by atoms with Gasteiger partial charge in [0.1, 0.15) is 5.75 Å². The van der Waals surface area contributed by atoms with Crippen LogP contribution in [0.5, 0.6) is 5.75 Å². The summed E-state index contributed by atoms with van der Waals surface area (Å²) in [5, 5.41) is 3.50. The van der Waals surface area contributed by atoms with Gasteiger partial charge in [-0.15, -0.1) is 0 Å². The van der Waals surface area contributed by atoms with E-state index in [0.717, 1.165) is 25.2 Å². The largest absolute Gasteiger partial charge is 0.493 e. The van der Waals surface area contributed by atoms with E-state index < -0.39 is 0 Å². The van der Waals surface area contributed by atoms with E-state index in [0.29, 0.717) is 12.0 Å². The van der Waals surface area contributed by atoms with Gasteiger partial charge in [0, 0.05) is 6.04 Å². The van der Waals surface area contributed by atoms with E-state index in [2.05, 4.69) is 67.8 Å². The Bertz CT molecular complexity index is 608. The zero-order valence-corrected chi connectivity index (χ0v) is 12.8.